The minimum atomic E-state index is -0.424. The van der Waals surface area contributed by atoms with E-state index in [1.807, 2.05) is 6.92 Å². The van der Waals surface area contributed by atoms with E-state index in [-0.39, 0.29) is 5.91 Å². The van der Waals surface area contributed by atoms with Gasteiger partial charge in [-0.2, -0.15) is 0 Å². The molecule has 98 valence electrons. The SMILES string of the molecule is CCNc1cncc(C(=O)N2CCCC(O)C2)n1. The fourth-order valence-corrected chi connectivity index (χ4v) is 2.04. The molecule has 1 aromatic heterocycles. The third-order valence-corrected chi connectivity index (χ3v) is 2.90. The maximum Gasteiger partial charge on any atom is 0.274 e. The van der Waals surface area contributed by atoms with Crippen LogP contribution in [0.1, 0.15) is 30.3 Å². The minimum absolute atomic E-state index is 0.166. The number of aliphatic hydroxyl groups excluding tert-OH is 1. The summed E-state index contributed by atoms with van der Waals surface area (Å²) in [6, 6.07) is 0. The second-order valence-corrected chi connectivity index (χ2v) is 4.37. The van der Waals surface area contributed by atoms with Crippen molar-refractivity contribution in [3.63, 3.8) is 0 Å². The van der Waals surface area contributed by atoms with Crippen LogP contribution in [-0.4, -0.2) is 51.6 Å². The standard InChI is InChI=1S/C12H18N4O2/c1-2-14-11-7-13-6-10(15-11)12(18)16-5-3-4-9(17)8-16/h6-7,9,17H,2-5,8H2,1H3,(H,14,15). The molecule has 2 rings (SSSR count). The molecule has 1 amide bonds. The van der Waals surface area contributed by atoms with Gasteiger partial charge in [-0.25, -0.2) is 4.98 Å². The number of aromatic nitrogens is 2. The quantitative estimate of drug-likeness (QED) is 0.817. The monoisotopic (exact) mass is 250 g/mol. The Morgan fingerprint density at radius 1 is 1.61 bits per heavy atom. The van der Waals surface area contributed by atoms with E-state index in [2.05, 4.69) is 15.3 Å². The molecule has 1 fully saturated rings. The lowest BCUT2D eigenvalue weighted by Crippen LogP contribution is -2.42. The van der Waals surface area contributed by atoms with Crippen LogP contribution in [-0.2, 0) is 0 Å². The molecule has 0 bridgehead atoms. The highest BCUT2D eigenvalue weighted by atomic mass is 16.3. The molecular formula is C12H18N4O2. The van der Waals surface area contributed by atoms with Gasteiger partial charge in [-0.3, -0.25) is 9.78 Å². The summed E-state index contributed by atoms with van der Waals surface area (Å²) < 4.78 is 0. The molecule has 6 heteroatoms. The Morgan fingerprint density at radius 2 is 2.44 bits per heavy atom. The number of anilines is 1. The second-order valence-electron chi connectivity index (χ2n) is 4.37. The lowest BCUT2D eigenvalue weighted by Gasteiger charge is -2.29. The first kappa shape index (κ1) is 12.8. The van der Waals surface area contributed by atoms with Crippen LogP contribution < -0.4 is 5.32 Å². The van der Waals surface area contributed by atoms with Gasteiger partial charge in [-0.1, -0.05) is 0 Å². The van der Waals surface area contributed by atoms with E-state index in [0.29, 0.717) is 24.6 Å². The molecule has 0 aliphatic carbocycles. The first-order valence-corrected chi connectivity index (χ1v) is 6.24. The van der Waals surface area contributed by atoms with E-state index in [1.54, 1.807) is 11.1 Å². The number of aliphatic hydroxyl groups is 1. The molecule has 0 aromatic carbocycles. The van der Waals surface area contributed by atoms with Crippen LogP contribution >= 0.6 is 0 Å². The summed E-state index contributed by atoms with van der Waals surface area (Å²) in [7, 11) is 0. The van der Waals surface area contributed by atoms with Crippen molar-refractivity contribution in [1.29, 1.82) is 0 Å². The summed E-state index contributed by atoms with van der Waals surface area (Å²) >= 11 is 0. The number of carbonyl (C=O) groups is 1. The highest BCUT2D eigenvalue weighted by Crippen LogP contribution is 2.13. The summed E-state index contributed by atoms with van der Waals surface area (Å²) in [6.45, 7) is 3.74. The molecule has 1 atom stereocenters. The third-order valence-electron chi connectivity index (χ3n) is 2.90. The fourth-order valence-electron chi connectivity index (χ4n) is 2.04. The van der Waals surface area contributed by atoms with Gasteiger partial charge >= 0.3 is 0 Å². The zero-order valence-corrected chi connectivity index (χ0v) is 10.5. The molecule has 2 N–H and O–H groups in total. The average Bonchev–Trinajstić information content (AvgIpc) is 2.39. The molecule has 0 spiro atoms. The van der Waals surface area contributed by atoms with Crippen molar-refractivity contribution >= 4 is 11.7 Å². The number of amides is 1. The van der Waals surface area contributed by atoms with Gasteiger partial charge in [0.1, 0.15) is 11.5 Å². The summed E-state index contributed by atoms with van der Waals surface area (Å²) in [5.74, 6) is 0.432. The summed E-state index contributed by atoms with van der Waals surface area (Å²) in [4.78, 5) is 22.0. The topological polar surface area (TPSA) is 78.4 Å². The highest BCUT2D eigenvalue weighted by molar-refractivity contribution is 5.92. The van der Waals surface area contributed by atoms with Crippen LogP contribution in [0, 0.1) is 0 Å². The van der Waals surface area contributed by atoms with Gasteiger partial charge in [0.25, 0.3) is 5.91 Å². The van der Waals surface area contributed by atoms with Gasteiger partial charge in [0, 0.05) is 19.6 Å². The Bertz CT molecular complexity index is 424. The number of β-amino-alcohol motifs (C(OH)–C–C–N with tert-alkyl or cyclic N) is 1. The molecule has 0 radical (unpaired) electrons. The predicted molar refractivity (Wildman–Crippen MR) is 67.3 cm³/mol. The van der Waals surface area contributed by atoms with E-state index in [4.69, 9.17) is 0 Å². The summed E-state index contributed by atoms with van der Waals surface area (Å²) in [5.41, 5.74) is 0.322. The van der Waals surface area contributed by atoms with E-state index in [1.165, 1.54) is 6.20 Å². The van der Waals surface area contributed by atoms with Crippen LogP contribution in [0.3, 0.4) is 0 Å². The van der Waals surface area contributed by atoms with Crippen LogP contribution in [0.4, 0.5) is 5.82 Å². The Hall–Kier alpha value is -1.69. The van der Waals surface area contributed by atoms with E-state index >= 15 is 0 Å². The lowest BCUT2D eigenvalue weighted by atomic mass is 10.1. The second kappa shape index (κ2) is 5.77. The number of carbonyl (C=O) groups excluding carboxylic acids is 1. The van der Waals surface area contributed by atoms with Gasteiger partial charge in [-0.05, 0) is 19.8 Å². The van der Waals surface area contributed by atoms with Crippen LogP contribution in [0.25, 0.3) is 0 Å². The maximum absolute atomic E-state index is 12.2. The number of nitrogens with zero attached hydrogens (tertiary/aromatic N) is 3. The van der Waals surface area contributed by atoms with Crippen LogP contribution in [0.15, 0.2) is 12.4 Å². The largest absolute Gasteiger partial charge is 0.391 e. The molecule has 18 heavy (non-hydrogen) atoms. The van der Waals surface area contributed by atoms with Crippen molar-refractivity contribution in [2.24, 2.45) is 0 Å². The third kappa shape index (κ3) is 2.95. The Morgan fingerprint density at radius 3 is 3.17 bits per heavy atom. The first-order chi connectivity index (χ1) is 8.70. The zero-order chi connectivity index (χ0) is 13.0. The Balaban J connectivity index is 2.10. The normalized spacial score (nSPS) is 19.7. The molecule has 0 saturated carbocycles. The average molecular weight is 250 g/mol. The van der Waals surface area contributed by atoms with Gasteiger partial charge in [0.2, 0.25) is 0 Å². The van der Waals surface area contributed by atoms with Gasteiger partial charge in [-0.15, -0.1) is 0 Å². The minimum Gasteiger partial charge on any atom is -0.391 e. The zero-order valence-electron chi connectivity index (χ0n) is 10.5. The van der Waals surface area contributed by atoms with Crippen molar-refractivity contribution < 1.29 is 9.90 Å². The highest BCUT2D eigenvalue weighted by Gasteiger charge is 2.24. The molecular weight excluding hydrogens is 232 g/mol. The Kier molecular flexibility index (Phi) is 4.09. The number of likely N-dealkylation sites (tertiary alicyclic amines) is 1. The van der Waals surface area contributed by atoms with Crippen LogP contribution in [0.5, 0.6) is 0 Å². The van der Waals surface area contributed by atoms with E-state index in [9.17, 15) is 9.90 Å². The van der Waals surface area contributed by atoms with Crippen molar-refractivity contribution in [2.75, 3.05) is 25.0 Å². The van der Waals surface area contributed by atoms with E-state index in [0.717, 1.165) is 19.4 Å². The van der Waals surface area contributed by atoms with Gasteiger partial charge in [0.15, 0.2) is 0 Å². The first-order valence-electron chi connectivity index (χ1n) is 6.24. The molecule has 6 nitrogen and oxygen atoms in total. The smallest absolute Gasteiger partial charge is 0.274 e. The molecule has 2 heterocycles. The number of hydrogen-bond acceptors (Lipinski definition) is 5. The van der Waals surface area contributed by atoms with Crippen molar-refractivity contribution in [3.05, 3.63) is 18.1 Å². The van der Waals surface area contributed by atoms with Gasteiger partial charge in [0.05, 0.1) is 18.5 Å². The molecule has 1 aliphatic heterocycles. The molecule has 1 saturated heterocycles. The number of hydrogen-bond donors (Lipinski definition) is 2. The fraction of sp³-hybridized carbons (Fsp3) is 0.583. The number of piperidine rings is 1. The van der Waals surface area contributed by atoms with Crippen LogP contribution in [0.2, 0.25) is 0 Å². The van der Waals surface area contributed by atoms with Crippen molar-refractivity contribution in [3.8, 4) is 0 Å². The summed E-state index contributed by atoms with van der Waals surface area (Å²) in [5, 5.41) is 12.6. The van der Waals surface area contributed by atoms with Crippen molar-refractivity contribution in [2.45, 2.75) is 25.9 Å². The van der Waals surface area contributed by atoms with Crippen molar-refractivity contribution in [1.82, 2.24) is 14.9 Å². The predicted octanol–water partition coefficient (Wildman–Crippen LogP) is 0.505. The van der Waals surface area contributed by atoms with Gasteiger partial charge < -0.3 is 15.3 Å². The lowest BCUT2D eigenvalue weighted by molar-refractivity contribution is 0.0468. The van der Waals surface area contributed by atoms with E-state index < -0.39 is 6.10 Å². The molecule has 1 unspecified atom stereocenters. The Labute approximate surface area is 106 Å². The number of rotatable bonds is 3. The molecule has 1 aliphatic rings. The summed E-state index contributed by atoms with van der Waals surface area (Å²) in [6.07, 6.45) is 4.21. The molecule has 1 aromatic rings. The number of nitrogens with one attached hydrogen (secondary N) is 1. The maximum atomic E-state index is 12.2.